The monoisotopic (exact) mass is 342 g/mol. The molecule has 0 saturated heterocycles. The van der Waals surface area contributed by atoms with Gasteiger partial charge in [0.1, 0.15) is 6.04 Å². The number of carbonyl (C=O) groups excluding carboxylic acids is 1. The molecule has 10 heteroatoms. The maximum Gasteiger partial charge on any atom is 0.409 e. The van der Waals surface area contributed by atoms with Crippen molar-refractivity contribution in [1.82, 2.24) is 5.32 Å². The number of carbonyl (C=O) groups is 3. The van der Waals surface area contributed by atoms with Gasteiger partial charge in [-0.25, -0.2) is 19.6 Å². The number of benzene rings is 1. The fourth-order valence-corrected chi connectivity index (χ4v) is 1.95. The Morgan fingerprint density at radius 3 is 2.21 bits per heavy atom. The van der Waals surface area contributed by atoms with Crippen LogP contribution in [0, 0.1) is 11.1 Å². The zero-order valence-corrected chi connectivity index (χ0v) is 12.9. The maximum atomic E-state index is 11.8. The molecule has 0 aromatic heterocycles. The van der Waals surface area contributed by atoms with Gasteiger partial charge in [0.2, 0.25) is 6.10 Å². The van der Waals surface area contributed by atoms with Crippen molar-refractivity contribution in [3.05, 3.63) is 35.0 Å². The number of aliphatic carboxylic acids is 2. The van der Waals surface area contributed by atoms with Crippen LogP contribution < -0.4 is 10.5 Å². The van der Waals surface area contributed by atoms with Crippen LogP contribution in [0.1, 0.15) is 25.5 Å². The highest BCUT2D eigenvalue weighted by molar-refractivity contribution is 5.83. The Hall–Kier alpha value is -2.69. The first-order valence-corrected chi connectivity index (χ1v) is 6.90. The van der Waals surface area contributed by atoms with Gasteiger partial charge in [0.25, 0.3) is 0 Å². The molecule has 0 aliphatic carbocycles. The van der Waals surface area contributed by atoms with Crippen molar-refractivity contribution in [3.8, 4) is 0 Å². The van der Waals surface area contributed by atoms with E-state index in [1.807, 2.05) is 5.32 Å². The molecule has 24 heavy (non-hydrogen) atoms. The summed E-state index contributed by atoms with van der Waals surface area (Å²) in [5.41, 5.74) is -0.569. The molecule has 0 bridgehead atoms. The number of hydrogen-bond donors (Lipinski definition) is 5. The van der Waals surface area contributed by atoms with Crippen molar-refractivity contribution in [2.24, 2.45) is 5.92 Å². The van der Waals surface area contributed by atoms with Crippen LogP contribution >= 0.6 is 0 Å². The first-order valence-electron chi connectivity index (χ1n) is 6.90. The van der Waals surface area contributed by atoms with Crippen LogP contribution in [-0.4, -0.2) is 39.5 Å². The predicted molar refractivity (Wildman–Crippen MR) is 78.5 cm³/mol. The van der Waals surface area contributed by atoms with E-state index < -0.39 is 41.3 Å². The largest absolute Gasteiger partial charge is 0.595 e. The highest BCUT2D eigenvalue weighted by atomic mass is 16.8. The molecule has 132 valence electrons. The molecule has 0 aliphatic heterocycles. The lowest BCUT2D eigenvalue weighted by Gasteiger charge is -2.22. The van der Waals surface area contributed by atoms with E-state index >= 15 is 0 Å². The average Bonchev–Trinajstić information content (AvgIpc) is 2.49. The molecule has 0 fully saturated rings. The molecule has 0 saturated carbocycles. The molecular weight excluding hydrogens is 324 g/mol. The maximum absolute atomic E-state index is 11.8. The van der Waals surface area contributed by atoms with Crippen LogP contribution in [0.25, 0.3) is 0 Å². The Morgan fingerprint density at radius 1 is 1.17 bits per heavy atom. The van der Waals surface area contributed by atoms with Gasteiger partial charge in [-0.15, -0.1) is 0 Å². The third-order valence-corrected chi connectivity index (χ3v) is 3.13. The van der Waals surface area contributed by atoms with E-state index in [0.717, 1.165) is 0 Å². The van der Waals surface area contributed by atoms with Crippen molar-refractivity contribution in [1.29, 1.82) is 0 Å². The van der Waals surface area contributed by atoms with Crippen molar-refractivity contribution >= 4 is 23.7 Å². The summed E-state index contributed by atoms with van der Waals surface area (Å²) in [7, 11) is 0. The molecule has 1 aromatic rings. The normalized spacial score (nSPS) is 14.5. The highest BCUT2D eigenvalue weighted by Crippen LogP contribution is 2.23. The summed E-state index contributed by atoms with van der Waals surface area (Å²) in [6.45, 7) is 3.10. The number of quaternary nitrogens is 1. The summed E-state index contributed by atoms with van der Waals surface area (Å²) in [5, 5.41) is 39.1. The number of ether oxygens (including phenoxy) is 1. The second-order valence-electron chi connectivity index (χ2n) is 5.22. The summed E-state index contributed by atoms with van der Waals surface area (Å²) < 4.78 is 4.74. The zero-order chi connectivity index (χ0) is 18.4. The molecule has 1 amide bonds. The van der Waals surface area contributed by atoms with Gasteiger partial charge in [0.05, 0.1) is 5.56 Å². The van der Waals surface area contributed by atoms with Crippen LogP contribution in [-0.2, 0) is 14.3 Å². The lowest BCUT2D eigenvalue weighted by molar-refractivity contribution is -0.991. The first kappa shape index (κ1) is 19.4. The topological polar surface area (TPSA) is 161 Å². The minimum Gasteiger partial charge on any atom is -0.595 e. The van der Waals surface area contributed by atoms with Crippen molar-refractivity contribution in [3.63, 3.8) is 0 Å². The Morgan fingerprint density at radius 2 is 1.75 bits per heavy atom. The standard InChI is InChI=1S/C14H18N2O8/c1-7(2)10(12(17)18)15-14(21)24-11(13(19)20)8-5-3-4-6-9(8)16(22)23/h3-7,10-11,16,22H,1-2H3,(H,15,21)(H,17,18)(H,19,20)/t10-,11?/m1/s1. The predicted octanol–water partition coefficient (Wildman–Crippen LogP) is 0.0511. The SMILES string of the molecule is CC(C)[C@@H](NC(=O)OC(C(=O)O)c1ccccc1[NH+]([O-])O)C(=O)O. The van der Waals surface area contributed by atoms with Gasteiger partial charge in [-0.1, -0.05) is 26.0 Å². The first-order chi connectivity index (χ1) is 11.1. The molecular formula is C14H18N2O8. The van der Waals surface area contributed by atoms with Crippen LogP contribution in [0.5, 0.6) is 0 Å². The van der Waals surface area contributed by atoms with Gasteiger partial charge in [0, 0.05) is 6.07 Å². The van der Waals surface area contributed by atoms with Gasteiger partial charge in [-0.2, -0.15) is 5.23 Å². The number of nitrogens with one attached hydrogen (secondary N) is 2. The number of carboxylic acid groups (broad SMARTS) is 2. The molecule has 0 aliphatic rings. The van der Waals surface area contributed by atoms with Gasteiger partial charge < -0.3 is 25.5 Å². The Labute approximate surface area is 136 Å². The highest BCUT2D eigenvalue weighted by Gasteiger charge is 2.31. The second-order valence-corrected chi connectivity index (χ2v) is 5.22. The third-order valence-electron chi connectivity index (χ3n) is 3.13. The quantitative estimate of drug-likeness (QED) is 0.434. The van der Waals surface area contributed by atoms with E-state index in [1.54, 1.807) is 13.8 Å². The number of hydrogen-bond acceptors (Lipinski definition) is 6. The Balaban J connectivity index is 3.01. The van der Waals surface area contributed by atoms with E-state index in [0.29, 0.717) is 0 Å². The summed E-state index contributed by atoms with van der Waals surface area (Å²) in [5.74, 6) is -3.36. The minimum atomic E-state index is -1.89. The van der Waals surface area contributed by atoms with Crippen LogP contribution in [0.15, 0.2) is 24.3 Å². The number of para-hydroxylation sites is 1. The van der Waals surface area contributed by atoms with E-state index in [4.69, 9.17) is 15.1 Å². The third kappa shape index (κ3) is 4.91. The van der Waals surface area contributed by atoms with Crippen LogP contribution in [0.3, 0.4) is 0 Å². The fourth-order valence-electron chi connectivity index (χ4n) is 1.95. The van der Waals surface area contributed by atoms with Crippen LogP contribution in [0.2, 0.25) is 0 Å². The van der Waals surface area contributed by atoms with Gasteiger partial charge in [-0.3, -0.25) is 0 Å². The van der Waals surface area contributed by atoms with Crippen molar-refractivity contribution in [2.75, 3.05) is 0 Å². The van der Waals surface area contributed by atoms with Gasteiger partial charge >= 0.3 is 18.0 Å². The number of amides is 1. The molecule has 3 atom stereocenters. The van der Waals surface area contributed by atoms with Gasteiger partial charge in [0.15, 0.2) is 5.69 Å². The minimum absolute atomic E-state index is 0.232. The number of carboxylic acids is 2. The van der Waals surface area contributed by atoms with Gasteiger partial charge in [-0.05, 0) is 12.0 Å². The molecule has 1 aromatic carbocycles. The second kappa shape index (κ2) is 8.24. The Kier molecular flexibility index (Phi) is 6.65. The smallest absolute Gasteiger partial charge is 0.409 e. The molecule has 0 heterocycles. The summed E-state index contributed by atoms with van der Waals surface area (Å²) >= 11 is 0. The lowest BCUT2D eigenvalue weighted by Crippen LogP contribution is -2.99. The van der Waals surface area contributed by atoms with Crippen molar-refractivity contribution < 1.29 is 39.8 Å². The molecule has 10 nitrogen and oxygen atoms in total. The molecule has 0 spiro atoms. The molecule has 1 rings (SSSR count). The average molecular weight is 342 g/mol. The van der Waals surface area contributed by atoms with E-state index in [2.05, 4.69) is 0 Å². The van der Waals surface area contributed by atoms with Crippen LogP contribution in [0.4, 0.5) is 10.5 Å². The lowest BCUT2D eigenvalue weighted by atomic mass is 10.1. The number of alkyl carbamates (subject to hydrolysis) is 1. The van der Waals surface area contributed by atoms with E-state index in [9.17, 15) is 24.7 Å². The molecule has 5 N–H and O–H groups in total. The summed E-state index contributed by atoms with van der Waals surface area (Å²) in [4.78, 5) is 34.2. The fraction of sp³-hybridized carbons (Fsp3) is 0.357. The number of rotatable bonds is 7. The zero-order valence-electron chi connectivity index (χ0n) is 12.9. The molecule has 0 radical (unpaired) electrons. The summed E-state index contributed by atoms with van der Waals surface area (Å²) in [6.07, 6.45) is -3.16. The molecule has 2 unspecified atom stereocenters. The van der Waals surface area contributed by atoms with Crippen molar-refractivity contribution in [2.45, 2.75) is 26.0 Å². The Bertz CT molecular complexity index is 617. The van der Waals surface area contributed by atoms with E-state index in [-0.39, 0.29) is 11.3 Å². The summed E-state index contributed by atoms with van der Waals surface area (Å²) in [6, 6.07) is 3.88. The van der Waals surface area contributed by atoms with E-state index in [1.165, 1.54) is 24.3 Å².